The van der Waals surface area contributed by atoms with E-state index in [0.717, 1.165) is 37.8 Å². The summed E-state index contributed by atoms with van der Waals surface area (Å²) in [4.78, 5) is 0. The van der Waals surface area contributed by atoms with Crippen LogP contribution in [0.15, 0.2) is 18.2 Å². The summed E-state index contributed by atoms with van der Waals surface area (Å²) < 4.78 is 0. The lowest BCUT2D eigenvalue weighted by atomic mass is 9.87. The Bertz CT molecular complexity index is 452. The first kappa shape index (κ1) is 12.9. The Hall–Kier alpha value is -1.06. The minimum absolute atomic E-state index is 0.0968. The maximum absolute atomic E-state index is 9.86. The molecule has 2 aliphatic carbocycles. The first-order valence-corrected chi connectivity index (χ1v) is 7.39. The van der Waals surface area contributed by atoms with Crippen molar-refractivity contribution in [3.63, 3.8) is 0 Å². The van der Waals surface area contributed by atoms with Crippen LogP contribution in [0.1, 0.15) is 49.3 Å². The molecule has 1 aromatic carbocycles. The Morgan fingerprint density at radius 2 is 2.05 bits per heavy atom. The topological polar surface area (TPSA) is 52.5 Å². The molecule has 0 saturated heterocycles. The van der Waals surface area contributed by atoms with Crippen LogP contribution in [0.4, 0.5) is 0 Å². The highest BCUT2D eigenvalue weighted by molar-refractivity contribution is 5.44. The summed E-state index contributed by atoms with van der Waals surface area (Å²) in [7, 11) is 0. The maximum atomic E-state index is 9.86. The van der Waals surface area contributed by atoms with Gasteiger partial charge in [0.15, 0.2) is 0 Å². The molecule has 1 aromatic rings. The van der Waals surface area contributed by atoms with Crippen molar-refractivity contribution in [1.82, 2.24) is 5.32 Å². The van der Waals surface area contributed by atoms with E-state index < -0.39 is 0 Å². The van der Waals surface area contributed by atoms with Crippen molar-refractivity contribution < 1.29 is 10.2 Å². The van der Waals surface area contributed by atoms with Gasteiger partial charge < -0.3 is 15.5 Å². The van der Waals surface area contributed by atoms with Gasteiger partial charge in [0.25, 0.3) is 0 Å². The van der Waals surface area contributed by atoms with Gasteiger partial charge in [0, 0.05) is 24.6 Å². The molecule has 104 valence electrons. The van der Waals surface area contributed by atoms with Crippen LogP contribution in [-0.4, -0.2) is 23.4 Å². The first-order chi connectivity index (χ1) is 9.24. The Morgan fingerprint density at radius 1 is 1.26 bits per heavy atom. The molecule has 0 aliphatic heterocycles. The summed E-state index contributed by atoms with van der Waals surface area (Å²) in [6, 6.07) is 6.14. The molecule has 0 heterocycles. The average Bonchev–Trinajstić information content (AvgIpc) is 3.04. The van der Waals surface area contributed by atoms with E-state index in [4.69, 9.17) is 0 Å². The van der Waals surface area contributed by atoms with Gasteiger partial charge in [0.2, 0.25) is 0 Å². The number of aromatic hydroxyl groups is 1. The molecule has 1 saturated carbocycles. The molecule has 0 aromatic heterocycles. The smallest absolute Gasteiger partial charge is 0.119 e. The van der Waals surface area contributed by atoms with Crippen LogP contribution in [0, 0.1) is 5.41 Å². The van der Waals surface area contributed by atoms with Gasteiger partial charge in [-0.05, 0) is 42.9 Å². The zero-order chi connectivity index (χ0) is 13.3. The molecule has 1 unspecified atom stereocenters. The SMILES string of the molecule is OCC1(CNC2CCc3c(O)cccc32)CCCC1. The second-order valence-corrected chi connectivity index (χ2v) is 6.18. The van der Waals surface area contributed by atoms with E-state index in [1.807, 2.05) is 6.07 Å². The van der Waals surface area contributed by atoms with Gasteiger partial charge in [0.05, 0.1) is 0 Å². The van der Waals surface area contributed by atoms with E-state index >= 15 is 0 Å². The fourth-order valence-corrected chi connectivity index (χ4v) is 3.70. The van der Waals surface area contributed by atoms with Crippen molar-refractivity contribution in [3.05, 3.63) is 29.3 Å². The number of fused-ring (bicyclic) bond motifs is 1. The molecule has 0 bridgehead atoms. The number of aliphatic hydroxyl groups is 1. The predicted molar refractivity (Wildman–Crippen MR) is 75.2 cm³/mol. The molecule has 3 heteroatoms. The van der Waals surface area contributed by atoms with Crippen molar-refractivity contribution >= 4 is 0 Å². The largest absolute Gasteiger partial charge is 0.508 e. The standard InChI is InChI=1S/C16H23NO2/c18-11-16(8-1-2-9-16)10-17-14-7-6-13-12(14)4-3-5-15(13)19/h3-5,14,17-19H,1-2,6-11H2. The highest BCUT2D eigenvalue weighted by Gasteiger charge is 2.34. The fraction of sp³-hybridized carbons (Fsp3) is 0.625. The van der Waals surface area contributed by atoms with Crippen molar-refractivity contribution in [2.75, 3.05) is 13.2 Å². The second kappa shape index (κ2) is 5.14. The van der Waals surface area contributed by atoms with Gasteiger partial charge in [-0.1, -0.05) is 25.0 Å². The number of phenolic OH excluding ortho intramolecular Hbond substituents is 1. The van der Waals surface area contributed by atoms with E-state index in [1.165, 1.54) is 18.4 Å². The quantitative estimate of drug-likeness (QED) is 0.780. The normalized spacial score (nSPS) is 24.6. The molecule has 0 amide bonds. The van der Waals surface area contributed by atoms with Gasteiger partial charge in [-0.3, -0.25) is 0 Å². The van der Waals surface area contributed by atoms with Gasteiger partial charge in [-0.2, -0.15) is 0 Å². The van der Waals surface area contributed by atoms with Crippen molar-refractivity contribution in [2.24, 2.45) is 5.41 Å². The van der Waals surface area contributed by atoms with Crippen LogP contribution in [0.3, 0.4) is 0 Å². The third kappa shape index (κ3) is 2.37. The summed E-state index contributed by atoms with van der Waals surface area (Å²) in [5.74, 6) is 0.430. The van der Waals surface area contributed by atoms with Gasteiger partial charge in [-0.25, -0.2) is 0 Å². The number of benzene rings is 1. The number of hydrogen-bond acceptors (Lipinski definition) is 3. The van der Waals surface area contributed by atoms with E-state index in [9.17, 15) is 10.2 Å². The van der Waals surface area contributed by atoms with Gasteiger partial charge in [-0.15, -0.1) is 0 Å². The molecule has 19 heavy (non-hydrogen) atoms. The minimum atomic E-state index is 0.0968. The Kier molecular flexibility index (Phi) is 3.50. The fourth-order valence-electron chi connectivity index (χ4n) is 3.70. The molecule has 3 rings (SSSR count). The number of rotatable bonds is 4. The maximum Gasteiger partial charge on any atom is 0.119 e. The molecule has 2 aliphatic rings. The molecule has 1 atom stereocenters. The average molecular weight is 261 g/mol. The monoisotopic (exact) mass is 261 g/mol. The zero-order valence-corrected chi connectivity index (χ0v) is 11.4. The van der Waals surface area contributed by atoms with Gasteiger partial charge >= 0.3 is 0 Å². The highest BCUT2D eigenvalue weighted by atomic mass is 16.3. The zero-order valence-electron chi connectivity index (χ0n) is 11.4. The van der Waals surface area contributed by atoms with Crippen molar-refractivity contribution in [1.29, 1.82) is 0 Å². The van der Waals surface area contributed by atoms with E-state index in [1.54, 1.807) is 6.07 Å². The molecule has 0 spiro atoms. The number of hydrogen-bond donors (Lipinski definition) is 3. The molecule has 3 N–H and O–H groups in total. The Morgan fingerprint density at radius 3 is 2.79 bits per heavy atom. The van der Waals surface area contributed by atoms with E-state index in [2.05, 4.69) is 11.4 Å². The van der Waals surface area contributed by atoms with Crippen molar-refractivity contribution in [2.45, 2.75) is 44.6 Å². The lowest BCUT2D eigenvalue weighted by Crippen LogP contribution is -2.36. The number of phenols is 1. The second-order valence-electron chi connectivity index (χ2n) is 6.18. The number of aliphatic hydroxyl groups excluding tert-OH is 1. The van der Waals surface area contributed by atoms with E-state index in [0.29, 0.717) is 18.4 Å². The lowest BCUT2D eigenvalue weighted by molar-refractivity contribution is 0.124. The molecule has 3 nitrogen and oxygen atoms in total. The van der Waals surface area contributed by atoms with Crippen LogP contribution in [-0.2, 0) is 6.42 Å². The predicted octanol–water partition coefficient (Wildman–Crippen LogP) is 2.52. The summed E-state index contributed by atoms with van der Waals surface area (Å²) in [5, 5.41) is 23.1. The Balaban J connectivity index is 1.68. The Labute approximate surface area is 114 Å². The molecule has 1 fully saturated rings. The van der Waals surface area contributed by atoms with Crippen LogP contribution < -0.4 is 5.32 Å². The number of nitrogens with one attached hydrogen (secondary N) is 1. The van der Waals surface area contributed by atoms with Crippen LogP contribution >= 0.6 is 0 Å². The summed E-state index contributed by atoms with van der Waals surface area (Å²) in [6.07, 6.45) is 6.75. The van der Waals surface area contributed by atoms with Gasteiger partial charge in [0.1, 0.15) is 5.75 Å². The minimum Gasteiger partial charge on any atom is -0.508 e. The van der Waals surface area contributed by atoms with E-state index in [-0.39, 0.29) is 5.41 Å². The highest BCUT2D eigenvalue weighted by Crippen LogP contribution is 2.40. The molecular formula is C16H23NO2. The lowest BCUT2D eigenvalue weighted by Gasteiger charge is -2.29. The van der Waals surface area contributed by atoms with Crippen molar-refractivity contribution in [3.8, 4) is 5.75 Å². The summed E-state index contributed by atoms with van der Waals surface area (Å²) >= 11 is 0. The third-order valence-electron chi connectivity index (χ3n) is 4.97. The molecular weight excluding hydrogens is 238 g/mol. The third-order valence-corrected chi connectivity index (χ3v) is 4.97. The molecule has 0 radical (unpaired) electrons. The summed E-state index contributed by atoms with van der Waals surface area (Å²) in [6.45, 7) is 1.18. The first-order valence-electron chi connectivity index (χ1n) is 7.39. The van der Waals surface area contributed by atoms with Crippen LogP contribution in [0.5, 0.6) is 5.75 Å². The summed E-state index contributed by atoms with van der Waals surface area (Å²) in [5.41, 5.74) is 2.44. The van der Waals surface area contributed by atoms with Crippen LogP contribution in [0.2, 0.25) is 0 Å². The van der Waals surface area contributed by atoms with Crippen LogP contribution in [0.25, 0.3) is 0 Å².